The predicted molar refractivity (Wildman–Crippen MR) is 111 cm³/mol. The van der Waals surface area contributed by atoms with E-state index in [9.17, 15) is 9.59 Å². The fourth-order valence-corrected chi connectivity index (χ4v) is 4.47. The summed E-state index contributed by atoms with van der Waals surface area (Å²) < 4.78 is 0. The Balaban J connectivity index is 0.00000261. The molecule has 1 fully saturated rings. The highest BCUT2D eigenvalue weighted by Crippen LogP contribution is 2.38. The summed E-state index contributed by atoms with van der Waals surface area (Å²) in [4.78, 5) is 30.2. The van der Waals surface area contributed by atoms with Crippen molar-refractivity contribution < 1.29 is 9.59 Å². The van der Waals surface area contributed by atoms with Crippen molar-refractivity contribution in [2.24, 2.45) is 11.8 Å². The minimum absolute atomic E-state index is 0. The van der Waals surface area contributed by atoms with Crippen LogP contribution >= 0.6 is 12.4 Å². The van der Waals surface area contributed by atoms with Crippen LogP contribution < -0.4 is 10.2 Å². The first-order valence-electron chi connectivity index (χ1n) is 9.85. The molecule has 2 amide bonds. The lowest BCUT2D eigenvalue weighted by molar-refractivity contribution is -0.141. The van der Waals surface area contributed by atoms with E-state index in [1.54, 1.807) is 4.90 Å². The minimum atomic E-state index is -0.193. The smallest absolute Gasteiger partial charge is 0.231 e. The lowest BCUT2D eigenvalue weighted by Crippen LogP contribution is -2.48. The van der Waals surface area contributed by atoms with Crippen LogP contribution in [0.3, 0.4) is 0 Å². The Morgan fingerprint density at radius 3 is 2.56 bits per heavy atom. The predicted octanol–water partition coefficient (Wildman–Crippen LogP) is 2.87. The molecule has 0 saturated heterocycles. The minimum Gasteiger partial charge on any atom is -0.344 e. The monoisotopic (exact) mass is 393 g/mol. The second kappa shape index (κ2) is 9.56. The first kappa shape index (κ1) is 21.7. The van der Waals surface area contributed by atoms with Gasteiger partial charge in [0, 0.05) is 37.8 Å². The second-order valence-electron chi connectivity index (χ2n) is 7.75. The van der Waals surface area contributed by atoms with Crippen LogP contribution in [0.4, 0.5) is 5.69 Å². The van der Waals surface area contributed by atoms with Crippen LogP contribution in [0.5, 0.6) is 0 Å². The molecule has 5 nitrogen and oxygen atoms in total. The number of amides is 2. The maximum absolute atomic E-state index is 13.5. The molecular formula is C21H32ClN3O2. The van der Waals surface area contributed by atoms with Gasteiger partial charge in [0.1, 0.15) is 0 Å². The second-order valence-corrected chi connectivity index (χ2v) is 7.75. The highest BCUT2D eigenvalue weighted by atomic mass is 35.5. The van der Waals surface area contributed by atoms with E-state index in [-0.39, 0.29) is 42.1 Å². The zero-order chi connectivity index (χ0) is 18.7. The molecule has 3 unspecified atom stereocenters. The Labute approximate surface area is 168 Å². The molecule has 1 saturated carbocycles. The highest BCUT2D eigenvalue weighted by molar-refractivity contribution is 6.00. The number of carbonyl (C=O) groups excluding carboxylic acids is 2. The molecular weight excluding hydrogens is 362 g/mol. The van der Waals surface area contributed by atoms with Crippen molar-refractivity contribution in [1.82, 2.24) is 10.2 Å². The third-order valence-electron chi connectivity index (χ3n) is 5.92. The molecule has 1 aromatic rings. The molecule has 0 spiro atoms. The number of nitrogens with one attached hydrogen (secondary N) is 1. The van der Waals surface area contributed by atoms with E-state index in [1.165, 1.54) is 5.56 Å². The molecule has 0 radical (unpaired) electrons. The zero-order valence-electron chi connectivity index (χ0n) is 16.6. The summed E-state index contributed by atoms with van der Waals surface area (Å²) in [5.41, 5.74) is 2.27. The van der Waals surface area contributed by atoms with Crippen LogP contribution in [-0.4, -0.2) is 49.9 Å². The van der Waals surface area contributed by atoms with Gasteiger partial charge in [-0.25, -0.2) is 0 Å². The number of para-hydroxylation sites is 1. The van der Waals surface area contributed by atoms with Crippen LogP contribution in [0, 0.1) is 11.8 Å². The summed E-state index contributed by atoms with van der Waals surface area (Å²) in [7, 11) is 3.74. The number of likely N-dealkylation sites (N-methyl/N-ethyl adjacent to an activating group) is 2. The van der Waals surface area contributed by atoms with Gasteiger partial charge in [0.15, 0.2) is 0 Å². The average Bonchev–Trinajstić information content (AvgIpc) is 3.00. The molecule has 0 bridgehead atoms. The molecule has 1 aliphatic carbocycles. The first-order valence-corrected chi connectivity index (χ1v) is 9.85. The van der Waals surface area contributed by atoms with Gasteiger partial charge in [0.25, 0.3) is 0 Å². The summed E-state index contributed by atoms with van der Waals surface area (Å²) in [5, 5.41) is 3.08. The lowest BCUT2D eigenvalue weighted by Gasteiger charge is -2.36. The number of rotatable bonds is 5. The molecule has 3 rings (SSSR count). The van der Waals surface area contributed by atoms with Crippen molar-refractivity contribution in [1.29, 1.82) is 0 Å². The van der Waals surface area contributed by atoms with E-state index in [2.05, 4.69) is 18.3 Å². The fraction of sp³-hybridized carbons (Fsp3) is 0.619. The summed E-state index contributed by atoms with van der Waals surface area (Å²) in [6.07, 6.45) is 4.61. The van der Waals surface area contributed by atoms with E-state index in [0.29, 0.717) is 6.54 Å². The van der Waals surface area contributed by atoms with Gasteiger partial charge in [0.2, 0.25) is 11.8 Å². The van der Waals surface area contributed by atoms with Crippen LogP contribution in [-0.2, 0) is 16.0 Å². The average molecular weight is 394 g/mol. The molecule has 0 aromatic heterocycles. The maximum atomic E-state index is 13.5. The van der Waals surface area contributed by atoms with Gasteiger partial charge in [0.05, 0.1) is 5.92 Å². The number of nitrogens with zero attached hydrogens (tertiary/aromatic N) is 2. The van der Waals surface area contributed by atoms with Gasteiger partial charge in [-0.2, -0.15) is 0 Å². The summed E-state index contributed by atoms with van der Waals surface area (Å²) in [5.74, 6) is -0.110. The molecule has 150 valence electrons. The molecule has 1 heterocycles. The maximum Gasteiger partial charge on any atom is 0.231 e. The fourth-order valence-electron chi connectivity index (χ4n) is 4.47. The Morgan fingerprint density at radius 2 is 1.85 bits per heavy atom. The van der Waals surface area contributed by atoms with Crippen molar-refractivity contribution in [3.63, 3.8) is 0 Å². The van der Waals surface area contributed by atoms with E-state index < -0.39 is 0 Å². The Bertz CT molecular complexity index is 667. The first-order chi connectivity index (χ1) is 12.5. The van der Waals surface area contributed by atoms with Gasteiger partial charge < -0.3 is 15.1 Å². The normalized spacial score (nSPS) is 24.1. The lowest BCUT2D eigenvalue weighted by atomic mass is 9.77. The van der Waals surface area contributed by atoms with Crippen LogP contribution in [0.1, 0.15) is 38.2 Å². The van der Waals surface area contributed by atoms with Gasteiger partial charge >= 0.3 is 0 Å². The molecule has 1 N–H and O–H groups in total. The van der Waals surface area contributed by atoms with Crippen LogP contribution in [0.2, 0.25) is 0 Å². The molecule has 2 aliphatic rings. The topological polar surface area (TPSA) is 52.7 Å². The number of fused-ring (bicyclic) bond motifs is 1. The third-order valence-corrected chi connectivity index (χ3v) is 5.92. The number of hydrogen-bond acceptors (Lipinski definition) is 3. The standard InChI is InChI=1S/C21H31N3O2.ClH/c1-15-14-16-8-4-7-11-19(16)24(15)21(26)18-10-6-5-9-17(18)20(25)23(3)13-12-22-2;/h4,7-8,11,15,17-18,22H,5-6,9-10,12-14H2,1-3H3;1H. The van der Waals surface area contributed by atoms with E-state index >= 15 is 0 Å². The largest absolute Gasteiger partial charge is 0.344 e. The van der Waals surface area contributed by atoms with E-state index in [0.717, 1.165) is 44.3 Å². The molecule has 1 aliphatic heterocycles. The quantitative estimate of drug-likeness (QED) is 0.836. The van der Waals surface area contributed by atoms with Crippen LogP contribution in [0.25, 0.3) is 0 Å². The van der Waals surface area contributed by atoms with Crippen molar-refractivity contribution >= 4 is 29.9 Å². The number of benzene rings is 1. The molecule has 3 atom stereocenters. The van der Waals surface area contributed by atoms with Crippen molar-refractivity contribution in [2.75, 3.05) is 32.1 Å². The van der Waals surface area contributed by atoms with Crippen molar-refractivity contribution in [2.45, 2.75) is 45.1 Å². The number of hydrogen-bond donors (Lipinski definition) is 1. The van der Waals surface area contributed by atoms with Gasteiger partial charge in [-0.05, 0) is 44.9 Å². The number of halogens is 1. The van der Waals surface area contributed by atoms with Gasteiger partial charge in [-0.3, -0.25) is 9.59 Å². The van der Waals surface area contributed by atoms with Gasteiger partial charge in [-0.1, -0.05) is 31.0 Å². The van der Waals surface area contributed by atoms with Gasteiger partial charge in [-0.15, -0.1) is 12.4 Å². The highest BCUT2D eigenvalue weighted by Gasteiger charge is 2.42. The van der Waals surface area contributed by atoms with Crippen LogP contribution in [0.15, 0.2) is 24.3 Å². The van der Waals surface area contributed by atoms with Crippen molar-refractivity contribution in [3.8, 4) is 0 Å². The Kier molecular flexibility index (Phi) is 7.68. The zero-order valence-corrected chi connectivity index (χ0v) is 17.4. The third kappa shape index (κ3) is 4.46. The summed E-state index contributed by atoms with van der Waals surface area (Å²) >= 11 is 0. The Hall–Kier alpha value is -1.59. The molecule has 6 heteroatoms. The van der Waals surface area contributed by atoms with Crippen molar-refractivity contribution in [3.05, 3.63) is 29.8 Å². The molecule has 27 heavy (non-hydrogen) atoms. The number of anilines is 1. The summed E-state index contributed by atoms with van der Waals surface area (Å²) in [6.45, 7) is 3.55. The van der Waals surface area contributed by atoms with E-state index in [1.807, 2.05) is 37.2 Å². The Morgan fingerprint density at radius 1 is 1.19 bits per heavy atom. The summed E-state index contributed by atoms with van der Waals surface area (Å²) in [6, 6.07) is 8.33. The molecule has 1 aromatic carbocycles. The SMILES string of the molecule is CNCCN(C)C(=O)C1CCCCC1C(=O)N1c2ccccc2CC1C.Cl. The van der Waals surface area contributed by atoms with E-state index in [4.69, 9.17) is 0 Å². The number of carbonyl (C=O) groups is 2.